The van der Waals surface area contributed by atoms with Gasteiger partial charge in [-0.25, -0.2) is 13.8 Å². The number of aromatic nitrogens is 2. The van der Waals surface area contributed by atoms with E-state index in [9.17, 15) is 14.3 Å². The minimum absolute atomic E-state index is 0.0997. The maximum Gasteiger partial charge on any atom is 0.284 e. The quantitative estimate of drug-likeness (QED) is 0.485. The van der Waals surface area contributed by atoms with Gasteiger partial charge in [-0.1, -0.05) is 0 Å². The van der Waals surface area contributed by atoms with Gasteiger partial charge in [0.05, 0.1) is 5.69 Å². The van der Waals surface area contributed by atoms with Crippen molar-refractivity contribution in [1.82, 2.24) is 9.38 Å². The largest absolute Gasteiger partial charge is 0.493 e. The second-order valence-electron chi connectivity index (χ2n) is 4.48. The first-order chi connectivity index (χ1) is 9.56. The number of benzene rings is 1. The summed E-state index contributed by atoms with van der Waals surface area (Å²) in [6.07, 6.45) is 0. The Morgan fingerprint density at radius 2 is 2.10 bits per heavy atom. The maximum absolute atomic E-state index is 13.4. The molecule has 1 aromatic carbocycles. The molecule has 1 aliphatic rings. The van der Waals surface area contributed by atoms with Crippen molar-refractivity contribution in [3.05, 3.63) is 50.6 Å². The van der Waals surface area contributed by atoms with Crippen molar-refractivity contribution >= 4 is 23.4 Å². The van der Waals surface area contributed by atoms with Crippen LogP contribution in [0, 0.1) is 10.6 Å². The Bertz CT molecular complexity index is 1070. The topological polar surface area (TPSA) is 69.9 Å². The zero-order valence-electron chi connectivity index (χ0n) is 9.85. The third-order valence-corrected chi connectivity index (χ3v) is 3.62. The van der Waals surface area contributed by atoms with Crippen molar-refractivity contribution < 1.29 is 9.50 Å². The first-order valence-electron chi connectivity index (χ1n) is 5.75. The molecule has 7 heteroatoms. The fourth-order valence-electron chi connectivity index (χ4n) is 2.45. The number of hydrogen-bond donors (Lipinski definition) is 2. The summed E-state index contributed by atoms with van der Waals surface area (Å²) in [7, 11) is 0. The number of aromatic amines is 1. The van der Waals surface area contributed by atoms with E-state index in [1.54, 1.807) is 6.07 Å². The van der Waals surface area contributed by atoms with Crippen LogP contribution in [0.4, 0.5) is 10.1 Å². The minimum atomic E-state index is -0.435. The molecule has 5 nitrogen and oxygen atoms in total. The molecule has 3 heterocycles. The average Bonchev–Trinajstić information content (AvgIpc) is 2.89. The summed E-state index contributed by atoms with van der Waals surface area (Å²) < 4.78 is 14.6. The molecule has 1 aliphatic heterocycles. The number of fused-ring (bicyclic) bond motifs is 4. The number of imidazole rings is 1. The number of nitrogens with zero attached hydrogens (tertiary/aromatic N) is 2. The number of aromatic hydroxyl groups is 1. The van der Waals surface area contributed by atoms with E-state index in [-0.39, 0.29) is 21.5 Å². The smallest absolute Gasteiger partial charge is 0.284 e. The Morgan fingerprint density at radius 3 is 2.90 bits per heavy atom. The highest BCUT2D eigenvalue weighted by molar-refractivity contribution is 7.71. The Labute approximate surface area is 115 Å². The van der Waals surface area contributed by atoms with Crippen LogP contribution in [0.15, 0.2) is 34.1 Å². The van der Waals surface area contributed by atoms with Gasteiger partial charge in [-0.2, -0.15) is 0 Å². The normalized spacial score (nSPS) is 12.2. The van der Waals surface area contributed by atoms with Gasteiger partial charge < -0.3 is 10.1 Å². The second kappa shape index (κ2) is 3.51. The average molecular weight is 287 g/mol. The molecule has 2 N–H and O–H groups in total. The van der Waals surface area contributed by atoms with E-state index < -0.39 is 11.4 Å². The minimum Gasteiger partial charge on any atom is -0.493 e. The highest BCUT2D eigenvalue weighted by Crippen LogP contribution is 2.33. The van der Waals surface area contributed by atoms with Crippen LogP contribution in [0.25, 0.3) is 16.6 Å². The van der Waals surface area contributed by atoms with Crippen molar-refractivity contribution in [3.63, 3.8) is 0 Å². The summed E-state index contributed by atoms with van der Waals surface area (Å²) in [6.45, 7) is 0. The zero-order valence-corrected chi connectivity index (χ0v) is 10.7. The van der Waals surface area contributed by atoms with Gasteiger partial charge in [0, 0.05) is 11.1 Å². The lowest BCUT2D eigenvalue weighted by atomic mass is 10.1. The fourth-order valence-corrected chi connectivity index (χ4v) is 2.73. The van der Waals surface area contributed by atoms with E-state index in [0.29, 0.717) is 16.8 Å². The summed E-state index contributed by atoms with van der Waals surface area (Å²) in [4.78, 5) is 19.1. The lowest BCUT2D eigenvalue weighted by Gasteiger charge is -2.00. The third-order valence-electron chi connectivity index (χ3n) is 3.33. The monoisotopic (exact) mass is 287 g/mol. The number of nitrogens with one attached hydrogen (secondary N) is 1. The summed E-state index contributed by atoms with van der Waals surface area (Å²) in [5.74, 6) is -0.603. The molecule has 0 bridgehead atoms. The van der Waals surface area contributed by atoms with E-state index in [0.717, 1.165) is 0 Å². The van der Waals surface area contributed by atoms with Crippen LogP contribution in [-0.2, 0) is 0 Å². The highest BCUT2D eigenvalue weighted by Gasteiger charge is 2.20. The van der Waals surface area contributed by atoms with Crippen molar-refractivity contribution in [3.8, 4) is 17.0 Å². The van der Waals surface area contributed by atoms with Gasteiger partial charge in [-0.15, -0.1) is 0 Å². The summed E-state index contributed by atoms with van der Waals surface area (Å²) >= 11 is 4.99. The number of halogens is 1. The molecular weight excluding hydrogens is 281 g/mol. The van der Waals surface area contributed by atoms with Crippen molar-refractivity contribution in [2.45, 2.75) is 0 Å². The van der Waals surface area contributed by atoms with Crippen molar-refractivity contribution in [2.75, 3.05) is 0 Å². The first-order valence-corrected chi connectivity index (χ1v) is 6.16. The van der Waals surface area contributed by atoms with Gasteiger partial charge >= 0.3 is 0 Å². The van der Waals surface area contributed by atoms with Gasteiger partial charge in [0.15, 0.2) is 4.77 Å². The molecule has 0 spiro atoms. The number of H-pyrrole nitrogens is 1. The van der Waals surface area contributed by atoms with Gasteiger partial charge in [0.2, 0.25) is 5.88 Å². The molecular formula is C13H6FN3O2S. The lowest BCUT2D eigenvalue weighted by Crippen LogP contribution is -2.30. The van der Waals surface area contributed by atoms with Gasteiger partial charge in [-0.3, -0.25) is 4.79 Å². The molecule has 0 unspecified atom stereocenters. The first kappa shape index (κ1) is 11.3. The van der Waals surface area contributed by atoms with Gasteiger partial charge in [0.25, 0.3) is 5.56 Å². The molecule has 98 valence electrons. The van der Waals surface area contributed by atoms with Gasteiger partial charge in [0.1, 0.15) is 16.7 Å². The predicted molar refractivity (Wildman–Crippen MR) is 72.3 cm³/mol. The summed E-state index contributed by atoms with van der Waals surface area (Å²) in [5, 5.41) is 9.97. The fraction of sp³-hybridized carbons (Fsp3) is 0. The molecule has 0 radical (unpaired) electrons. The van der Waals surface area contributed by atoms with Crippen LogP contribution >= 0.6 is 12.2 Å². The summed E-state index contributed by atoms with van der Waals surface area (Å²) in [5.41, 5.74) is 1.38. The molecule has 4 rings (SSSR count). The molecule has 20 heavy (non-hydrogen) atoms. The standard InChI is InChI=1S/C13H6FN3O2S/c14-5-1-2-8-6(3-5)7-4-9-11(18)16-13(20)17(9)12(19)10(7)15-8/h1-4,18H,(H,16,20). The van der Waals surface area contributed by atoms with Crippen LogP contribution in [0.1, 0.15) is 0 Å². The number of rotatable bonds is 0. The SMILES string of the molecule is O=c1c2c(cc3c(O)[nH]c(=S)n13)-c1cc(F)ccc1N=2. The Balaban J connectivity index is 2.26. The summed E-state index contributed by atoms with van der Waals surface area (Å²) in [6, 6.07) is 5.70. The number of hydrogen-bond acceptors (Lipinski definition) is 4. The molecule has 0 amide bonds. The van der Waals surface area contributed by atoms with Crippen LogP contribution < -0.4 is 10.9 Å². The zero-order chi connectivity index (χ0) is 14.0. The molecule has 0 saturated carbocycles. The highest BCUT2D eigenvalue weighted by atomic mass is 32.1. The van der Waals surface area contributed by atoms with Crippen LogP contribution in [0.5, 0.6) is 5.88 Å². The van der Waals surface area contributed by atoms with Crippen LogP contribution in [0.3, 0.4) is 0 Å². The van der Waals surface area contributed by atoms with Crippen molar-refractivity contribution in [2.24, 2.45) is 4.99 Å². The van der Waals surface area contributed by atoms with Crippen molar-refractivity contribution in [1.29, 1.82) is 0 Å². The van der Waals surface area contributed by atoms with E-state index in [1.807, 2.05) is 0 Å². The molecule has 3 aromatic rings. The molecule has 2 aromatic heterocycles. The molecule has 0 atom stereocenters. The molecule has 0 saturated heterocycles. The van der Waals surface area contributed by atoms with E-state index >= 15 is 0 Å². The van der Waals surface area contributed by atoms with E-state index in [1.165, 1.54) is 22.6 Å². The number of pyridine rings is 1. The molecule has 0 aliphatic carbocycles. The van der Waals surface area contributed by atoms with Crippen LogP contribution in [0.2, 0.25) is 0 Å². The lowest BCUT2D eigenvalue weighted by molar-refractivity contribution is 0.462. The maximum atomic E-state index is 13.4. The third kappa shape index (κ3) is 1.27. The molecule has 0 fully saturated rings. The Hall–Kier alpha value is -2.54. The van der Waals surface area contributed by atoms with E-state index in [2.05, 4.69) is 9.98 Å². The van der Waals surface area contributed by atoms with Gasteiger partial charge in [-0.05, 0) is 36.5 Å². The predicted octanol–water partition coefficient (Wildman–Crippen LogP) is 1.85. The second-order valence-corrected chi connectivity index (χ2v) is 4.87. The van der Waals surface area contributed by atoms with Crippen LogP contribution in [-0.4, -0.2) is 14.5 Å². The Morgan fingerprint density at radius 1 is 1.30 bits per heavy atom. The Kier molecular flexibility index (Phi) is 1.99. The van der Waals surface area contributed by atoms with E-state index in [4.69, 9.17) is 12.2 Å².